The second-order valence-electron chi connectivity index (χ2n) is 14.1. The van der Waals surface area contributed by atoms with Gasteiger partial charge in [-0.3, -0.25) is 10.1 Å². The zero-order chi connectivity index (χ0) is 42.5. The van der Waals surface area contributed by atoms with E-state index in [4.69, 9.17) is 38.9 Å². The molecule has 10 aromatic rings. The van der Waals surface area contributed by atoms with Crippen molar-refractivity contribution in [3.05, 3.63) is 119 Å². The lowest BCUT2D eigenvalue weighted by molar-refractivity contribution is 0.460. The van der Waals surface area contributed by atoms with Crippen molar-refractivity contribution in [3.8, 4) is 5.75 Å². The number of aryl methyl sites for hydroxylation is 6. The van der Waals surface area contributed by atoms with E-state index in [0.717, 1.165) is 71.0 Å². The fraction of sp³-hybridized carbons (Fsp3) is 0.140. The predicted molar refractivity (Wildman–Crippen MR) is 244 cm³/mol. The first-order chi connectivity index (χ1) is 28.1. The van der Waals surface area contributed by atoms with E-state index >= 15 is 0 Å². The number of hydrogen-bond acceptors (Lipinski definition) is 14. The molecule has 15 nitrogen and oxygen atoms in total. The predicted octanol–water partition coefficient (Wildman–Crippen LogP) is 8.53. The Morgan fingerprint density at radius 3 is 2.07 bits per heavy atom. The van der Waals surface area contributed by atoms with E-state index in [9.17, 15) is 5.11 Å². The molecule has 0 spiro atoms. The summed E-state index contributed by atoms with van der Waals surface area (Å²) in [6, 6.07) is 25.3. The van der Waals surface area contributed by atoms with Crippen molar-refractivity contribution in [3.63, 3.8) is 0 Å². The molecule has 5 aromatic heterocycles. The Balaban J connectivity index is 0.000000124. The topological polar surface area (TPSA) is 286 Å². The van der Waals surface area contributed by atoms with E-state index < -0.39 is 0 Å². The molecule has 0 aliphatic rings. The number of rotatable bonds is 0. The van der Waals surface area contributed by atoms with Crippen LogP contribution in [0.1, 0.15) is 33.5 Å². The van der Waals surface area contributed by atoms with Gasteiger partial charge < -0.3 is 49.0 Å². The molecule has 5 heterocycles. The van der Waals surface area contributed by atoms with Crippen LogP contribution < -0.4 is 34.4 Å². The number of benzene rings is 5. The fourth-order valence-electron chi connectivity index (χ4n) is 6.00. The molecule has 0 saturated carbocycles. The summed E-state index contributed by atoms with van der Waals surface area (Å²) in [6.07, 6.45) is 1.81. The summed E-state index contributed by atoms with van der Waals surface area (Å²) in [5.41, 5.74) is 45.9. The Morgan fingerprint density at radius 1 is 0.627 bits per heavy atom. The highest BCUT2D eigenvalue weighted by Gasteiger charge is 2.07. The smallest absolute Gasteiger partial charge is 0.198 e. The van der Waals surface area contributed by atoms with Gasteiger partial charge in [0.05, 0.1) is 32.2 Å². The second-order valence-corrected chi connectivity index (χ2v) is 15.1. The Morgan fingerprint density at radius 2 is 1.31 bits per heavy atom. The van der Waals surface area contributed by atoms with E-state index in [1.54, 1.807) is 12.1 Å². The summed E-state index contributed by atoms with van der Waals surface area (Å²) in [4.78, 5) is 15.4. The third-order valence-corrected chi connectivity index (χ3v) is 10.2. The Hall–Kier alpha value is -7.59. The highest BCUT2D eigenvalue weighted by Crippen LogP contribution is 2.27. The molecule has 15 N–H and O–H groups in total. The molecule has 0 unspecified atom stereocenters. The van der Waals surface area contributed by atoms with E-state index in [-0.39, 0.29) is 5.75 Å². The average Bonchev–Trinajstić information content (AvgIpc) is 3.95. The number of nitrogens with zero attached hydrogens (tertiary/aromatic N) is 5. The molecule has 16 heteroatoms. The summed E-state index contributed by atoms with van der Waals surface area (Å²) in [5, 5.41) is 24.2. The van der Waals surface area contributed by atoms with Crippen LogP contribution in [0.4, 0.5) is 34.1 Å². The minimum atomic E-state index is 0.256. The van der Waals surface area contributed by atoms with Gasteiger partial charge in [0.2, 0.25) is 0 Å². The highest BCUT2D eigenvalue weighted by atomic mass is 32.1. The van der Waals surface area contributed by atoms with Gasteiger partial charge in [0.15, 0.2) is 28.3 Å². The van der Waals surface area contributed by atoms with Crippen LogP contribution in [0.5, 0.6) is 5.75 Å². The third kappa shape index (κ3) is 9.69. The van der Waals surface area contributed by atoms with Crippen LogP contribution in [0.25, 0.3) is 53.9 Å². The molecule has 59 heavy (non-hydrogen) atoms. The van der Waals surface area contributed by atoms with Crippen molar-refractivity contribution < 1.29 is 9.63 Å². The van der Waals surface area contributed by atoms with Gasteiger partial charge in [-0.2, -0.15) is 5.10 Å². The molecular formula is C43H47N13O2S. The number of fused-ring (bicyclic) bond motifs is 5. The largest absolute Gasteiger partial charge is 0.508 e. The van der Waals surface area contributed by atoms with Gasteiger partial charge >= 0.3 is 0 Å². The van der Waals surface area contributed by atoms with Gasteiger partial charge in [-0.1, -0.05) is 28.6 Å². The van der Waals surface area contributed by atoms with Crippen molar-refractivity contribution in [2.45, 2.75) is 41.5 Å². The van der Waals surface area contributed by atoms with E-state index in [1.165, 1.54) is 27.8 Å². The molecular weight excluding hydrogens is 763 g/mol. The summed E-state index contributed by atoms with van der Waals surface area (Å²) in [5.74, 6) is 1.61. The summed E-state index contributed by atoms with van der Waals surface area (Å²) in [7, 11) is 0. The second kappa shape index (κ2) is 17.3. The van der Waals surface area contributed by atoms with Gasteiger partial charge in [-0.05, 0) is 129 Å². The Bertz CT molecular complexity index is 2910. The SMILES string of the molecule is Cc1cc2c(C)nccc2cc1N.Cc1cc2c(N)n[nH]c2cc1O.Cc1cc2c(N)noc2cc1N.Cc1ccc2nc(N)[nH]c2c1.Cc1ccc2sc(N)nc2c1. The number of aromatic hydroxyl groups is 1. The number of imidazole rings is 1. The van der Waals surface area contributed by atoms with Gasteiger partial charge in [-0.15, -0.1) is 0 Å². The molecule has 0 aliphatic carbocycles. The van der Waals surface area contributed by atoms with Crippen LogP contribution in [-0.2, 0) is 0 Å². The fourth-order valence-corrected chi connectivity index (χ4v) is 6.71. The summed E-state index contributed by atoms with van der Waals surface area (Å²) >= 11 is 1.53. The molecule has 0 atom stereocenters. The van der Waals surface area contributed by atoms with Crippen LogP contribution in [0.2, 0.25) is 0 Å². The molecule has 0 fully saturated rings. The standard InChI is InChI=1S/C11H12N2.2C8H9N3O.C8H9N3.C8H8N2S/c1-7-5-10-8(2)13-4-3-9(10)6-11(7)12;1-4-2-5-6(3-7(4)12)10-11-8(5)9;1-4-2-5-7(3-6(4)9)12-11-8(5)10;1-5-2-3-6-7(4-5)11-8(9)10-6;1-5-2-3-7-6(4-5)10-8(9)11-7/h3-6H,12H2,1-2H3;2-3,12H,1H3,(H3,9,10,11);2-3H,9H2,1H3,(H2,10,11);2-4H,1H3,(H3,9,10,11);2-4H,1H3,(H2,9,10). The number of hydrogen-bond donors (Lipinski definition) is 9. The van der Waals surface area contributed by atoms with E-state index in [0.29, 0.717) is 34.0 Å². The molecule has 0 saturated heterocycles. The van der Waals surface area contributed by atoms with Gasteiger partial charge in [0.25, 0.3) is 0 Å². The first kappa shape index (κ1) is 41.1. The minimum absolute atomic E-state index is 0.256. The minimum Gasteiger partial charge on any atom is -0.508 e. The van der Waals surface area contributed by atoms with E-state index in [1.807, 2.05) is 89.3 Å². The number of nitrogen functional groups attached to an aromatic ring is 6. The molecule has 5 aromatic carbocycles. The number of aromatic amines is 2. The monoisotopic (exact) mass is 809 g/mol. The summed E-state index contributed by atoms with van der Waals surface area (Å²) in [6.45, 7) is 11.9. The lowest BCUT2D eigenvalue weighted by atomic mass is 10.1. The molecule has 0 bridgehead atoms. The lowest BCUT2D eigenvalue weighted by Crippen LogP contribution is -1.91. The number of thiazole rings is 1. The number of nitrogens with two attached hydrogens (primary N) is 6. The van der Waals surface area contributed by atoms with Crippen molar-refractivity contribution in [2.24, 2.45) is 0 Å². The van der Waals surface area contributed by atoms with Crippen LogP contribution >= 0.6 is 11.3 Å². The zero-order valence-electron chi connectivity index (χ0n) is 33.5. The van der Waals surface area contributed by atoms with Gasteiger partial charge in [0, 0.05) is 46.2 Å². The molecule has 302 valence electrons. The van der Waals surface area contributed by atoms with Crippen molar-refractivity contribution in [1.29, 1.82) is 0 Å². The van der Waals surface area contributed by atoms with Crippen LogP contribution in [0.15, 0.2) is 89.6 Å². The number of aromatic nitrogens is 7. The maximum atomic E-state index is 9.34. The Labute approximate surface area is 343 Å². The van der Waals surface area contributed by atoms with Crippen LogP contribution in [0, 0.1) is 41.5 Å². The maximum absolute atomic E-state index is 9.34. The number of anilines is 6. The first-order valence-electron chi connectivity index (χ1n) is 18.4. The van der Waals surface area contributed by atoms with Crippen LogP contribution in [0.3, 0.4) is 0 Å². The average molecular weight is 810 g/mol. The maximum Gasteiger partial charge on any atom is 0.198 e. The molecule has 10 rings (SSSR count). The normalized spacial score (nSPS) is 10.7. The zero-order valence-corrected chi connectivity index (χ0v) is 34.4. The van der Waals surface area contributed by atoms with Crippen molar-refractivity contribution in [1.82, 2.24) is 35.3 Å². The van der Waals surface area contributed by atoms with Crippen molar-refractivity contribution in [2.75, 3.05) is 34.4 Å². The number of nitrogens with one attached hydrogen (secondary N) is 2. The van der Waals surface area contributed by atoms with Gasteiger partial charge in [-0.25, -0.2) is 9.97 Å². The lowest BCUT2D eigenvalue weighted by Gasteiger charge is -2.04. The Kier molecular flexibility index (Phi) is 12.0. The molecule has 0 radical (unpaired) electrons. The highest BCUT2D eigenvalue weighted by molar-refractivity contribution is 7.22. The summed E-state index contributed by atoms with van der Waals surface area (Å²) < 4.78 is 6.09. The molecule has 0 aliphatic heterocycles. The van der Waals surface area contributed by atoms with E-state index in [2.05, 4.69) is 60.4 Å². The van der Waals surface area contributed by atoms with Crippen molar-refractivity contribution >= 4 is 99.3 Å². The first-order valence-corrected chi connectivity index (χ1v) is 19.2. The van der Waals surface area contributed by atoms with Crippen LogP contribution in [-0.4, -0.2) is 40.4 Å². The van der Waals surface area contributed by atoms with Gasteiger partial charge in [0.1, 0.15) is 5.75 Å². The number of pyridine rings is 1. The third-order valence-electron chi connectivity index (χ3n) is 9.36. The number of phenols is 1. The quantitative estimate of drug-likeness (QED) is 0.0650. The number of H-pyrrole nitrogens is 2. The molecule has 0 amide bonds. The number of phenolic OH excluding ortho intramolecular Hbond substituents is 1.